The van der Waals surface area contributed by atoms with Crippen molar-refractivity contribution in [3.63, 3.8) is 0 Å². The summed E-state index contributed by atoms with van der Waals surface area (Å²) in [5.41, 5.74) is 9.24. The van der Waals surface area contributed by atoms with Crippen LogP contribution in [0.4, 0.5) is 0 Å². The average molecular weight is 251 g/mol. The lowest BCUT2D eigenvalue weighted by atomic mass is 10.2. The molecular formula is C10H9BrN3. The first-order valence-corrected chi connectivity index (χ1v) is 4.84. The molecule has 0 heterocycles. The third kappa shape index (κ3) is 3.64. The van der Waals surface area contributed by atoms with E-state index in [1.54, 1.807) is 13.0 Å². The summed E-state index contributed by atoms with van der Waals surface area (Å²) in [4.78, 5) is 2.69. The second kappa shape index (κ2) is 5.47. The van der Waals surface area contributed by atoms with Crippen molar-refractivity contribution in [3.8, 4) is 0 Å². The molecule has 1 rings (SSSR count). The van der Waals surface area contributed by atoms with Crippen LogP contribution in [0.2, 0.25) is 0 Å². The molecule has 4 heteroatoms. The fourth-order valence-corrected chi connectivity index (χ4v) is 1.16. The Kier molecular flexibility index (Phi) is 4.23. The van der Waals surface area contributed by atoms with Gasteiger partial charge >= 0.3 is 0 Å². The molecule has 0 fully saturated rings. The summed E-state index contributed by atoms with van der Waals surface area (Å²) in [5.74, 6) is 0. The van der Waals surface area contributed by atoms with E-state index in [0.29, 0.717) is 6.04 Å². The number of benzene rings is 1. The highest BCUT2D eigenvalue weighted by atomic mass is 79.9. The topological polar surface area (TPSA) is 48.8 Å². The van der Waals surface area contributed by atoms with E-state index in [2.05, 4.69) is 26.0 Å². The van der Waals surface area contributed by atoms with Gasteiger partial charge in [-0.1, -0.05) is 45.3 Å². The summed E-state index contributed by atoms with van der Waals surface area (Å²) >= 11 is 3.35. The third-order valence-corrected chi connectivity index (χ3v) is 2.12. The number of nitrogens with zero attached hydrogens (tertiary/aromatic N) is 3. The molecule has 0 unspecified atom stereocenters. The molecule has 3 nitrogen and oxygen atoms in total. The van der Waals surface area contributed by atoms with Crippen molar-refractivity contribution < 1.29 is 0 Å². The van der Waals surface area contributed by atoms with Crippen molar-refractivity contribution in [2.24, 2.45) is 5.11 Å². The molecular weight excluding hydrogens is 242 g/mol. The van der Waals surface area contributed by atoms with Gasteiger partial charge in [-0.05, 0) is 30.2 Å². The first-order chi connectivity index (χ1) is 6.72. The standard InChI is InChI=1S/C10H9BrN3/c1-8(13-14-12)2-3-9-4-6-10(11)7-5-9/h2-7H,1H3/b3-2+. The molecule has 0 saturated heterocycles. The predicted molar refractivity (Wildman–Crippen MR) is 61.2 cm³/mol. The Hall–Kier alpha value is -1.25. The Morgan fingerprint density at radius 3 is 2.64 bits per heavy atom. The highest BCUT2D eigenvalue weighted by molar-refractivity contribution is 9.10. The molecule has 0 atom stereocenters. The highest BCUT2D eigenvalue weighted by Crippen LogP contribution is 2.13. The molecule has 0 spiro atoms. The Labute approximate surface area is 91.2 Å². The van der Waals surface area contributed by atoms with E-state index in [1.807, 2.05) is 30.3 Å². The van der Waals surface area contributed by atoms with Crippen LogP contribution in [0.1, 0.15) is 12.5 Å². The van der Waals surface area contributed by atoms with Gasteiger partial charge in [0, 0.05) is 9.38 Å². The maximum atomic E-state index is 8.17. The van der Waals surface area contributed by atoms with Gasteiger partial charge in [0.05, 0.1) is 6.04 Å². The zero-order valence-electron chi connectivity index (χ0n) is 7.68. The summed E-state index contributed by atoms with van der Waals surface area (Å²) in [6.45, 7) is 1.76. The van der Waals surface area contributed by atoms with Gasteiger partial charge in [0.1, 0.15) is 0 Å². The van der Waals surface area contributed by atoms with E-state index in [-0.39, 0.29) is 0 Å². The van der Waals surface area contributed by atoms with E-state index in [1.165, 1.54) is 0 Å². The zero-order valence-corrected chi connectivity index (χ0v) is 9.27. The Morgan fingerprint density at radius 2 is 2.07 bits per heavy atom. The van der Waals surface area contributed by atoms with Crippen LogP contribution in [0, 0.1) is 6.04 Å². The van der Waals surface area contributed by atoms with Crippen LogP contribution in [0.5, 0.6) is 0 Å². The molecule has 71 valence electrons. The van der Waals surface area contributed by atoms with Gasteiger partial charge in [-0.25, -0.2) is 0 Å². The summed E-state index contributed by atoms with van der Waals surface area (Å²) in [5, 5.41) is 3.46. The summed E-state index contributed by atoms with van der Waals surface area (Å²) in [6.07, 6.45) is 3.68. The molecule has 0 aliphatic rings. The number of hydrogen-bond donors (Lipinski definition) is 0. The van der Waals surface area contributed by atoms with Crippen molar-refractivity contribution in [1.82, 2.24) is 0 Å². The smallest absolute Gasteiger partial charge is 0.0787 e. The first kappa shape index (κ1) is 10.8. The Balaban J connectivity index is 2.68. The van der Waals surface area contributed by atoms with Crippen molar-refractivity contribution >= 4 is 22.0 Å². The molecule has 0 bridgehead atoms. The predicted octanol–water partition coefficient (Wildman–Crippen LogP) is 4.32. The van der Waals surface area contributed by atoms with Crippen LogP contribution < -0.4 is 0 Å². The Bertz CT molecular complexity index is 363. The normalized spacial score (nSPS) is 10.5. The highest BCUT2D eigenvalue weighted by Gasteiger charge is 1.91. The van der Waals surface area contributed by atoms with Crippen molar-refractivity contribution in [1.29, 1.82) is 0 Å². The quantitative estimate of drug-likeness (QED) is 0.436. The van der Waals surface area contributed by atoms with Crippen LogP contribution in [0.25, 0.3) is 16.5 Å². The van der Waals surface area contributed by atoms with Gasteiger partial charge in [0.25, 0.3) is 0 Å². The van der Waals surface area contributed by atoms with Crippen LogP contribution in [0.3, 0.4) is 0 Å². The fourth-order valence-electron chi connectivity index (χ4n) is 0.895. The maximum absolute atomic E-state index is 8.17. The summed E-state index contributed by atoms with van der Waals surface area (Å²) in [6, 6.07) is 8.52. The van der Waals surface area contributed by atoms with Gasteiger partial charge in [-0.3, -0.25) is 0 Å². The van der Waals surface area contributed by atoms with Gasteiger partial charge in [0.2, 0.25) is 0 Å². The second-order valence-corrected chi connectivity index (χ2v) is 3.63. The monoisotopic (exact) mass is 250 g/mol. The molecule has 0 aromatic heterocycles. The van der Waals surface area contributed by atoms with Crippen LogP contribution in [0.15, 0.2) is 39.9 Å². The van der Waals surface area contributed by atoms with Crippen molar-refractivity contribution in [2.45, 2.75) is 6.92 Å². The number of rotatable bonds is 3. The number of hydrogen-bond acceptors (Lipinski definition) is 1. The first-order valence-electron chi connectivity index (χ1n) is 4.04. The molecule has 1 aromatic rings. The maximum Gasteiger partial charge on any atom is 0.0787 e. The van der Waals surface area contributed by atoms with Crippen molar-refractivity contribution in [3.05, 3.63) is 56.9 Å². The lowest BCUT2D eigenvalue weighted by Crippen LogP contribution is -1.77. The minimum Gasteiger partial charge on any atom is -0.0824 e. The minimum atomic E-state index is 0.649. The molecule has 1 radical (unpaired) electrons. The number of halogens is 1. The molecule has 0 aliphatic carbocycles. The second-order valence-electron chi connectivity index (χ2n) is 2.72. The molecule has 1 aromatic carbocycles. The van der Waals surface area contributed by atoms with Crippen molar-refractivity contribution in [2.75, 3.05) is 0 Å². The fraction of sp³-hybridized carbons (Fsp3) is 0.100. The van der Waals surface area contributed by atoms with Gasteiger partial charge in [0.15, 0.2) is 0 Å². The lowest BCUT2D eigenvalue weighted by molar-refractivity contribution is 1.12. The molecule has 0 saturated carbocycles. The van der Waals surface area contributed by atoms with Crippen LogP contribution >= 0.6 is 15.9 Å². The third-order valence-electron chi connectivity index (χ3n) is 1.59. The summed E-state index contributed by atoms with van der Waals surface area (Å²) < 4.78 is 1.05. The molecule has 0 aliphatic heterocycles. The van der Waals surface area contributed by atoms with Crippen LogP contribution in [-0.2, 0) is 0 Å². The lowest BCUT2D eigenvalue weighted by Gasteiger charge is -1.95. The Morgan fingerprint density at radius 1 is 1.43 bits per heavy atom. The summed E-state index contributed by atoms with van der Waals surface area (Å²) in [7, 11) is 0. The average Bonchev–Trinajstić information content (AvgIpc) is 2.17. The minimum absolute atomic E-state index is 0.649. The van der Waals surface area contributed by atoms with Gasteiger partial charge < -0.3 is 0 Å². The van der Waals surface area contributed by atoms with Gasteiger partial charge in [-0.15, -0.1) is 0 Å². The van der Waals surface area contributed by atoms with E-state index in [9.17, 15) is 0 Å². The molecule has 14 heavy (non-hydrogen) atoms. The SMILES string of the molecule is C[C](/C=C/c1ccc(Br)cc1)N=[N+]=[N-]. The molecule has 0 amide bonds. The largest absolute Gasteiger partial charge is 0.0824 e. The van der Waals surface area contributed by atoms with E-state index >= 15 is 0 Å². The van der Waals surface area contributed by atoms with Gasteiger partial charge in [-0.2, -0.15) is 0 Å². The van der Waals surface area contributed by atoms with E-state index < -0.39 is 0 Å². The van der Waals surface area contributed by atoms with E-state index in [4.69, 9.17) is 5.53 Å². The zero-order chi connectivity index (χ0) is 10.4. The molecule has 0 N–H and O–H groups in total. The van der Waals surface area contributed by atoms with Crippen LogP contribution in [-0.4, -0.2) is 0 Å². The van der Waals surface area contributed by atoms with E-state index in [0.717, 1.165) is 10.0 Å². The number of azide groups is 1.